The van der Waals surface area contributed by atoms with Crippen LogP contribution in [0.2, 0.25) is 0 Å². The Morgan fingerprint density at radius 3 is 2.48 bits per heavy atom. The van der Waals surface area contributed by atoms with Gasteiger partial charge in [-0.3, -0.25) is 15.0 Å². The maximum Gasteiger partial charge on any atom is 0.409 e. The Labute approximate surface area is 124 Å². The molecule has 116 valence electrons. The number of rotatable bonds is 5. The highest BCUT2D eigenvalue weighted by Gasteiger charge is 2.18. The summed E-state index contributed by atoms with van der Waals surface area (Å²) in [4.78, 5) is 24.3. The molecule has 0 atom stereocenters. The van der Waals surface area contributed by atoms with Gasteiger partial charge in [0, 0.05) is 12.2 Å². The lowest BCUT2D eigenvalue weighted by atomic mass is 10.1. The molecule has 0 radical (unpaired) electrons. The van der Waals surface area contributed by atoms with Crippen LogP contribution in [0.15, 0.2) is 24.3 Å². The molecule has 21 heavy (non-hydrogen) atoms. The number of nitrogens with zero attached hydrogens (tertiary/aromatic N) is 1. The Balaban J connectivity index is 2.64. The monoisotopic (exact) mass is 294 g/mol. The van der Waals surface area contributed by atoms with E-state index in [1.54, 1.807) is 24.1 Å². The van der Waals surface area contributed by atoms with E-state index < -0.39 is 11.7 Å². The van der Waals surface area contributed by atoms with Gasteiger partial charge in [-0.15, -0.1) is 0 Å². The number of likely N-dealkylation sites (N-methyl/N-ethyl adjacent to an activating group) is 1. The number of amides is 1. The van der Waals surface area contributed by atoms with Crippen LogP contribution in [0.25, 0.3) is 0 Å². The number of anilines is 1. The fourth-order valence-corrected chi connectivity index (χ4v) is 1.84. The van der Waals surface area contributed by atoms with E-state index in [-0.39, 0.29) is 12.5 Å². The van der Waals surface area contributed by atoms with Gasteiger partial charge in [0.05, 0.1) is 6.54 Å². The van der Waals surface area contributed by atoms with Crippen molar-refractivity contribution in [2.45, 2.75) is 32.9 Å². The molecular weight excluding hydrogens is 272 g/mol. The smallest absolute Gasteiger partial charge is 0.409 e. The largest absolute Gasteiger partial charge is 0.465 e. The van der Waals surface area contributed by atoms with Crippen molar-refractivity contribution >= 4 is 17.7 Å². The van der Waals surface area contributed by atoms with Gasteiger partial charge >= 0.3 is 12.1 Å². The minimum Gasteiger partial charge on any atom is -0.465 e. The number of hydrogen-bond acceptors (Lipinski definition) is 4. The molecule has 0 aliphatic carbocycles. The van der Waals surface area contributed by atoms with E-state index in [4.69, 9.17) is 9.84 Å². The fraction of sp³-hybridized carbons (Fsp3) is 0.467. The maximum atomic E-state index is 11.7. The molecule has 0 saturated carbocycles. The van der Waals surface area contributed by atoms with E-state index in [0.717, 1.165) is 5.56 Å². The molecular formula is C15H22N2O4. The van der Waals surface area contributed by atoms with Gasteiger partial charge in [0.25, 0.3) is 0 Å². The van der Waals surface area contributed by atoms with Crippen molar-refractivity contribution in [2.24, 2.45) is 0 Å². The number of esters is 1. The van der Waals surface area contributed by atoms with E-state index in [0.29, 0.717) is 12.2 Å². The predicted octanol–water partition coefficient (Wildman–Crippen LogP) is 2.55. The van der Waals surface area contributed by atoms with E-state index in [9.17, 15) is 9.59 Å². The lowest BCUT2D eigenvalue weighted by molar-refractivity contribution is -0.155. The van der Waals surface area contributed by atoms with Gasteiger partial charge < -0.3 is 9.84 Å². The zero-order valence-corrected chi connectivity index (χ0v) is 12.8. The molecule has 0 aromatic heterocycles. The lowest BCUT2D eigenvalue weighted by Gasteiger charge is -2.23. The molecule has 0 bridgehead atoms. The van der Waals surface area contributed by atoms with Crippen LogP contribution in [0.4, 0.5) is 10.5 Å². The van der Waals surface area contributed by atoms with E-state index in [2.05, 4.69) is 5.32 Å². The number of para-hydroxylation sites is 1. The van der Waals surface area contributed by atoms with Crippen LogP contribution in [0.1, 0.15) is 26.3 Å². The summed E-state index contributed by atoms with van der Waals surface area (Å²) in [5.74, 6) is -0.311. The average Bonchev–Trinajstić information content (AvgIpc) is 2.28. The van der Waals surface area contributed by atoms with Crippen LogP contribution >= 0.6 is 0 Å². The van der Waals surface area contributed by atoms with Gasteiger partial charge in [-0.2, -0.15) is 0 Å². The number of benzene rings is 1. The first kappa shape index (κ1) is 17.0. The van der Waals surface area contributed by atoms with Crippen molar-refractivity contribution in [3.63, 3.8) is 0 Å². The molecule has 0 heterocycles. The summed E-state index contributed by atoms with van der Waals surface area (Å²) >= 11 is 0. The van der Waals surface area contributed by atoms with Gasteiger partial charge in [-0.1, -0.05) is 18.2 Å². The van der Waals surface area contributed by atoms with Crippen LogP contribution in [0, 0.1) is 0 Å². The summed E-state index contributed by atoms with van der Waals surface area (Å²) in [6.45, 7) is 6.03. The number of carbonyl (C=O) groups excluding carboxylic acids is 1. The van der Waals surface area contributed by atoms with Crippen LogP contribution in [0.3, 0.4) is 0 Å². The van der Waals surface area contributed by atoms with Crippen LogP contribution < -0.4 is 5.32 Å². The third kappa shape index (κ3) is 6.76. The molecule has 1 aromatic carbocycles. The van der Waals surface area contributed by atoms with Crippen molar-refractivity contribution in [3.05, 3.63) is 29.8 Å². The summed E-state index contributed by atoms with van der Waals surface area (Å²) < 4.78 is 5.25. The Kier molecular flexibility index (Phi) is 5.72. The molecule has 1 amide bonds. The number of ether oxygens (including phenoxy) is 1. The highest BCUT2D eigenvalue weighted by Crippen LogP contribution is 2.17. The molecule has 0 unspecified atom stereocenters. The zero-order chi connectivity index (χ0) is 16.0. The van der Waals surface area contributed by atoms with Crippen molar-refractivity contribution in [1.82, 2.24) is 4.90 Å². The van der Waals surface area contributed by atoms with Gasteiger partial charge in [-0.25, -0.2) is 4.79 Å². The van der Waals surface area contributed by atoms with Gasteiger partial charge in [0.2, 0.25) is 0 Å². The zero-order valence-electron chi connectivity index (χ0n) is 12.8. The second-order valence-electron chi connectivity index (χ2n) is 5.85. The maximum absolute atomic E-state index is 11.7. The summed E-state index contributed by atoms with van der Waals surface area (Å²) in [7, 11) is 1.78. The molecule has 2 N–H and O–H groups in total. The second kappa shape index (κ2) is 7.08. The normalized spacial score (nSPS) is 11.3. The minimum absolute atomic E-state index is 0.138. The highest BCUT2D eigenvalue weighted by molar-refractivity contribution is 5.84. The molecule has 1 aromatic rings. The number of carboxylic acid groups (broad SMARTS) is 1. The summed E-state index contributed by atoms with van der Waals surface area (Å²) in [6, 6.07) is 7.08. The predicted molar refractivity (Wildman–Crippen MR) is 80.3 cm³/mol. The molecule has 6 nitrogen and oxygen atoms in total. The van der Waals surface area contributed by atoms with Crippen molar-refractivity contribution < 1.29 is 19.4 Å². The van der Waals surface area contributed by atoms with Crippen molar-refractivity contribution in [3.8, 4) is 0 Å². The molecule has 1 rings (SSSR count). The van der Waals surface area contributed by atoms with E-state index >= 15 is 0 Å². The second-order valence-corrected chi connectivity index (χ2v) is 5.85. The number of hydrogen-bond donors (Lipinski definition) is 2. The summed E-state index contributed by atoms with van der Waals surface area (Å²) in [5, 5.41) is 11.1. The van der Waals surface area contributed by atoms with Gasteiger partial charge in [-0.05, 0) is 39.4 Å². The molecule has 6 heteroatoms. The highest BCUT2D eigenvalue weighted by atomic mass is 16.6. The van der Waals surface area contributed by atoms with Crippen LogP contribution in [-0.4, -0.2) is 41.3 Å². The first-order chi connectivity index (χ1) is 9.67. The molecule has 0 aliphatic rings. The van der Waals surface area contributed by atoms with Crippen LogP contribution in [0.5, 0.6) is 0 Å². The molecule has 0 saturated heterocycles. The quantitative estimate of drug-likeness (QED) is 0.816. The Bertz CT molecular complexity index is 509. The molecule has 0 aliphatic heterocycles. The number of nitrogens with one attached hydrogen (secondary N) is 1. The van der Waals surface area contributed by atoms with Gasteiger partial charge in [0.15, 0.2) is 0 Å². The topological polar surface area (TPSA) is 78.9 Å². The lowest BCUT2D eigenvalue weighted by Crippen LogP contribution is -2.32. The summed E-state index contributed by atoms with van der Waals surface area (Å²) in [6.07, 6.45) is -1.11. The fourth-order valence-electron chi connectivity index (χ4n) is 1.84. The Morgan fingerprint density at radius 1 is 1.29 bits per heavy atom. The van der Waals surface area contributed by atoms with Gasteiger partial charge in [0.1, 0.15) is 5.60 Å². The molecule has 0 spiro atoms. The minimum atomic E-state index is -1.11. The van der Waals surface area contributed by atoms with Crippen LogP contribution in [-0.2, 0) is 16.1 Å². The third-order valence-electron chi connectivity index (χ3n) is 2.52. The first-order valence-electron chi connectivity index (χ1n) is 6.65. The van der Waals surface area contributed by atoms with E-state index in [1.807, 2.05) is 32.9 Å². The van der Waals surface area contributed by atoms with E-state index in [1.165, 1.54) is 0 Å². The number of carbonyl (C=O) groups is 2. The van der Waals surface area contributed by atoms with Crippen molar-refractivity contribution in [1.29, 1.82) is 0 Å². The summed E-state index contributed by atoms with van der Waals surface area (Å²) in [5.41, 5.74) is 0.799. The SMILES string of the molecule is CN(CC(=O)OC(C)(C)C)Cc1ccccc1NC(=O)O. The Hall–Kier alpha value is -2.08. The first-order valence-corrected chi connectivity index (χ1v) is 6.65. The average molecular weight is 294 g/mol. The molecule has 0 fully saturated rings. The standard InChI is InChI=1S/C15H22N2O4/c1-15(2,3)21-13(18)10-17(4)9-11-7-5-6-8-12(11)16-14(19)20/h5-8,16H,9-10H2,1-4H3,(H,19,20). The third-order valence-corrected chi connectivity index (χ3v) is 2.52. The van der Waals surface area contributed by atoms with Crippen molar-refractivity contribution in [2.75, 3.05) is 18.9 Å². The Morgan fingerprint density at radius 2 is 1.90 bits per heavy atom.